The van der Waals surface area contributed by atoms with Crippen molar-refractivity contribution < 1.29 is 31.8 Å². The Morgan fingerprint density at radius 1 is 1.19 bits per heavy atom. The fourth-order valence-corrected chi connectivity index (χ4v) is 2.91. The molecule has 0 amide bonds. The van der Waals surface area contributed by atoms with Gasteiger partial charge in [0.2, 0.25) is 0 Å². The zero-order valence-electron chi connectivity index (χ0n) is 16.7. The number of esters is 1. The standard InChI is InChI=1S/C20H16ClF4N3O4/c1-10(18(29)31-9-12-3-5-13(22)6-4-12)32-17-8-16(15(23)7-14(17)21)28-20(30)27(19(24)25)11(2)26-28/h3-8,10,19H,9H2,1-2H3. The fraction of sp³-hybridized carbons (Fsp3) is 0.250. The summed E-state index contributed by atoms with van der Waals surface area (Å²) in [6.45, 7) is -0.810. The van der Waals surface area contributed by atoms with Crippen LogP contribution in [-0.2, 0) is 16.1 Å². The van der Waals surface area contributed by atoms with Crippen LogP contribution in [0.5, 0.6) is 5.75 Å². The molecule has 0 bridgehead atoms. The summed E-state index contributed by atoms with van der Waals surface area (Å²) in [5.74, 6) is -2.79. The van der Waals surface area contributed by atoms with Gasteiger partial charge in [-0.2, -0.15) is 13.5 Å². The summed E-state index contributed by atoms with van der Waals surface area (Å²) in [6, 6.07) is 7.06. The zero-order chi connectivity index (χ0) is 23.6. The van der Waals surface area contributed by atoms with Gasteiger partial charge in [-0.15, -0.1) is 5.10 Å². The lowest BCUT2D eigenvalue weighted by Crippen LogP contribution is -2.27. The Bertz CT molecular complexity index is 1190. The Labute approximate surface area is 183 Å². The third-order valence-corrected chi connectivity index (χ3v) is 4.63. The summed E-state index contributed by atoms with van der Waals surface area (Å²) >= 11 is 5.97. The third-order valence-electron chi connectivity index (χ3n) is 4.34. The Hall–Kier alpha value is -3.34. The number of nitrogens with zero attached hydrogens (tertiary/aromatic N) is 3. The lowest BCUT2D eigenvalue weighted by Gasteiger charge is -2.16. The van der Waals surface area contributed by atoms with Crippen LogP contribution in [0.15, 0.2) is 41.2 Å². The molecule has 0 aliphatic carbocycles. The number of ether oxygens (including phenoxy) is 2. The van der Waals surface area contributed by atoms with Gasteiger partial charge in [0.25, 0.3) is 0 Å². The van der Waals surface area contributed by atoms with Gasteiger partial charge in [-0.1, -0.05) is 23.7 Å². The second kappa shape index (κ2) is 9.43. The maximum absolute atomic E-state index is 14.4. The minimum atomic E-state index is -3.17. The number of hydrogen-bond donors (Lipinski definition) is 0. The van der Waals surface area contributed by atoms with Gasteiger partial charge < -0.3 is 9.47 Å². The minimum Gasteiger partial charge on any atom is -0.477 e. The number of hydrogen-bond acceptors (Lipinski definition) is 5. The van der Waals surface area contributed by atoms with Gasteiger partial charge in [0.05, 0.1) is 5.02 Å². The van der Waals surface area contributed by atoms with Crippen molar-refractivity contribution >= 4 is 17.6 Å². The van der Waals surface area contributed by atoms with Gasteiger partial charge in [0.1, 0.15) is 29.7 Å². The third kappa shape index (κ3) is 4.93. The molecule has 1 aromatic heterocycles. The topological polar surface area (TPSA) is 75.4 Å². The Morgan fingerprint density at radius 3 is 2.44 bits per heavy atom. The Kier molecular flexibility index (Phi) is 6.87. The number of benzene rings is 2. The lowest BCUT2D eigenvalue weighted by molar-refractivity contribution is -0.152. The molecule has 7 nitrogen and oxygen atoms in total. The van der Waals surface area contributed by atoms with E-state index in [4.69, 9.17) is 21.1 Å². The van der Waals surface area contributed by atoms with Gasteiger partial charge in [-0.05, 0) is 37.6 Å². The fourth-order valence-electron chi connectivity index (χ4n) is 2.72. The first-order valence-electron chi connectivity index (χ1n) is 9.12. The maximum Gasteiger partial charge on any atom is 0.355 e. The second-order valence-corrected chi connectivity index (χ2v) is 7.02. The Morgan fingerprint density at radius 2 is 1.84 bits per heavy atom. The molecule has 32 heavy (non-hydrogen) atoms. The van der Waals surface area contributed by atoms with Crippen molar-refractivity contribution in [2.75, 3.05) is 0 Å². The normalized spacial score (nSPS) is 12.1. The van der Waals surface area contributed by atoms with Crippen LogP contribution in [0, 0.1) is 18.6 Å². The van der Waals surface area contributed by atoms with Crippen molar-refractivity contribution in [2.45, 2.75) is 33.1 Å². The minimum absolute atomic E-state index is 0.0873. The molecule has 3 aromatic rings. The van der Waals surface area contributed by atoms with Crippen LogP contribution in [0.1, 0.15) is 24.9 Å². The zero-order valence-corrected chi connectivity index (χ0v) is 17.4. The monoisotopic (exact) mass is 473 g/mol. The van der Waals surface area contributed by atoms with E-state index in [1.54, 1.807) is 0 Å². The van der Waals surface area contributed by atoms with Crippen molar-refractivity contribution in [3.8, 4) is 11.4 Å². The van der Waals surface area contributed by atoms with Crippen LogP contribution >= 0.6 is 11.6 Å². The number of carbonyl (C=O) groups excluding carboxylic acids is 1. The van der Waals surface area contributed by atoms with E-state index in [2.05, 4.69) is 5.10 Å². The largest absolute Gasteiger partial charge is 0.477 e. The van der Waals surface area contributed by atoms with Crippen molar-refractivity contribution in [3.63, 3.8) is 0 Å². The van der Waals surface area contributed by atoms with Crippen molar-refractivity contribution in [1.82, 2.24) is 14.3 Å². The van der Waals surface area contributed by atoms with E-state index < -0.39 is 41.6 Å². The summed E-state index contributed by atoms with van der Waals surface area (Å²) in [7, 11) is 0. The average molecular weight is 474 g/mol. The van der Waals surface area contributed by atoms with Gasteiger partial charge in [-0.25, -0.2) is 22.9 Å². The van der Waals surface area contributed by atoms with E-state index in [0.717, 1.165) is 19.1 Å². The van der Waals surface area contributed by atoms with Crippen LogP contribution in [0.25, 0.3) is 5.69 Å². The maximum atomic E-state index is 14.4. The summed E-state index contributed by atoms with van der Waals surface area (Å²) in [5, 5.41) is 3.41. The molecule has 0 aliphatic rings. The molecule has 1 unspecified atom stereocenters. The van der Waals surface area contributed by atoms with E-state index >= 15 is 0 Å². The molecular formula is C20H16ClF4N3O4. The predicted molar refractivity (Wildman–Crippen MR) is 105 cm³/mol. The predicted octanol–water partition coefficient (Wildman–Crippen LogP) is 4.18. The first-order chi connectivity index (χ1) is 15.1. The van der Waals surface area contributed by atoms with Crippen molar-refractivity contribution in [3.05, 3.63) is 74.9 Å². The highest BCUT2D eigenvalue weighted by molar-refractivity contribution is 6.32. The molecule has 170 valence electrons. The number of halogens is 5. The van der Waals surface area contributed by atoms with Crippen LogP contribution < -0.4 is 10.4 Å². The molecule has 0 spiro atoms. The van der Waals surface area contributed by atoms with Crippen LogP contribution in [0.4, 0.5) is 17.6 Å². The highest BCUT2D eigenvalue weighted by Crippen LogP contribution is 2.30. The summed E-state index contributed by atoms with van der Waals surface area (Å²) < 4.78 is 64.5. The van der Waals surface area contributed by atoms with Crippen LogP contribution in [0.2, 0.25) is 5.02 Å². The van der Waals surface area contributed by atoms with Gasteiger partial charge in [0.15, 0.2) is 11.9 Å². The molecule has 1 atom stereocenters. The molecule has 0 saturated carbocycles. The van der Waals surface area contributed by atoms with Crippen molar-refractivity contribution in [1.29, 1.82) is 0 Å². The lowest BCUT2D eigenvalue weighted by atomic mass is 10.2. The highest BCUT2D eigenvalue weighted by atomic mass is 35.5. The van der Waals surface area contributed by atoms with Gasteiger partial charge >= 0.3 is 18.2 Å². The number of carbonyl (C=O) groups is 1. The SMILES string of the molecule is Cc1nn(-c2cc(OC(C)C(=O)OCc3ccc(F)cc3)c(Cl)cc2F)c(=O)n1C(F)F. The quantitative estimate of drug-likeness (QED) is 0.380. The summed E-state index contributed by atoms with van der Waals surface area (Å²) in [5.41, 5.74) is -1.22. The molecular weight excluding hydrogens is 458 g/mol. The molecule has 0 saturated heterocycles. The molecule has 0 fully saturated rings. The van der Waals surface area contributed by atoms with E-state index in [1.165, 1.54) is 31.2 Å². The highest BCUT2D eigenvalue weighted by Gasteiger charge is 2.23. The second-order valence-electron chi connectivity index (χ2n) is 6.62. The van der Waals surface area contributed by atoms with Crippen LogP contribution in [-0.4, -0.2) is 26.4 Å². The smallest absolute Gasteiger partial charge is 0.355 e. The molecule has 1 heterocycles. The number of aryl methyl sites for hydroxylation is 1. The number of aromatic nitrogens is 3. The first kappa shape index (κ1) is 23.3. The molecule has 12 heteroatoms. The number of alkyl halides is 2. The van der Waals surface area contributed by atoms with Crippen LogP contribution in [0.3, 0.4) is 0 Å². The van der Waals surface area contributed by atoms with Gasteiger partial charge in [-0.3, -0.25) is 0 Å². The first-order valence-corrected chi connectivity index (χ1v) is 9.49. The molecule has 2 aromatic carbocycles. The average Bonchev–Trinajstić information content (AvgIpc) is 3.03. The molecule has 0 aliphatic heterocycles. The van der Waals surface area contributed by atoms with E-state index in [-0.39, 0.29) is 27.8 Å². The summed E-state index contributed by atoms with van der Waals surface area (Å²) in [6.07, 6.45) is -1.21. The molecule has 3 rings (SSSR count). The number of rotatable bonds is 7. The molecule has 0 radical (unpaired) electrons. The van der Waals surface area contributed by atoms with Gasteiger partial charge in [0, 0.05) is 6.07 Å². The van der Waals surface area contributed by atoms with Crippen molar-refractivity contribution in [2.24, 2.45) is 0 Å². The molecule has 0 N–H and O–H groups in total. The summed E-state index contributed by atoms with van der Waals surface area (Å²) in [4.78, 5) is 24.4. The van der Waals surface area contributed by atoms with E-state index in [1.807, 2.05) is 0 Å². The van der Waals surface area contributed by atoms with E-state index in [9.17, 15) is 27.2 Å². The Balaban J connectivity index is 1.80. The van der Waals surface area contributed by atoms with E-state index in [0.29, 0.717) is 10.2 Å².